The number of nitrogens with one attached hydrogen (secondary N) is 1. The lowest BCUT2D eigenvalue weighted by molar-refractivity contribution is -0.139. The summed E-state index contributed by atoms with van der Waals surface area (Å²) in [6, 6.07) is 9.52. The third-order valence-electron chi connectivity index (χ3n) is 5.50. The van der Waals surface area contributed by atoms with Gasteiger partial charge in [0.25, 0.3) is 0 Å². The Kier molecular flexibility index (Phi) is 10.0. The molecule has 2 amide bonds. The van der Waals surface area contributed by atoms with E-state index >= 15 is 0 Å². The molecule has 0 bridgehead atoms. The fourth-order valence-electron chi connectivity index (χ4n) is 3.45. The van der Waals surface area contributed by atoms with Crippen LogP contribution in [0.1, 0.15) is 37.5 Å². The Labute approximate surface area is 218 Å². The van der Waals surface area contributed by atoms with Crippen molar-refractivity contribution in [3.05, 3.63) is 63.1 Å². The van der Waals surface area contributed by atoms with Gasteiger partial charge in [0.15, 0.2) is 0 Å². The van der Waals surface area contributed by atoms with Crippen LogP contribution in [-0.2, 0) is 26.2 Å². The second-order valence-corrected chi connectivity index (χ2v) is 11.9. The minimum atomic E-state index is -3.79. The van der Waals surface area contributed by atoms with E-state index in [1.165, 1.54) is 4.90 Å². The monoisotopic (exact) mass is 541 g/mol. The molecule has 2 rings (SSSR count). The van der Waals surface area contributed by atoms with Gasteiger partial charge in [0.1, 0.15) is 12.6 Å². The number of anilines is 1. The minimum Gasteiger partial charge on any atom is -0.354 e. The first-order chi connectivity index (χ1) is 16.2. The van der Waals surface area contributed by atoms with E-state index in [1.807, 2.05) is 32.9 Å². The molecular weight excluding hydrogens is 509 g/mol. The van der Waals surface area contributed by atoms with E-state index in [9.17, 15) is 18.0 Å². The highest BCUT2D eigenvalue weighted by atomic mass is 35.5. The molecule has 7 nitrogen and oxygen atoms in total. The number of amides is 2. The topological polar surface area (TPSA) is 86.8 Å². The lowest BCUT2D eigenvalue weighted by Crippen LogP contribution is -2.51. The molecule has 192 valence electrons. The number of hydrogen-bond acceptors (Lipinski definition) is 4. The zero-order valence-corrected chi connectivity index (χ0v) is 23.3. The van der Waals surface area contributed by atoms with Gasteiger partial charge in [0, 0.05) is 13.1 Å². The van der Waals surface area contributed by atoms with Crippen LogP contribution < -0.4 is 9.62 Å². The summed E-state index contributed by atoms with van der Waals surface area (Å²) in [5.74, 6) is -0.616. The van der Waals surface area contributed by atoms with Gasteiger partial charge in [-0.05, 0) is 61.6 Å². The van der Waals surface area contributed by atoms with Crippen molar-refractivity contribution in [1.29, 1.82) is 0 Å². The first kappa shape index (κ1) is 28.9. The van der Waals surface area contributed by atoms with E-state index in [-0.39, 0.29) is 18.4 Å². The van der Waals surface area contributed by atoms with Gasteiger partial charge in [-0.2, -0.15) is 0 Å². The van der Waals surface area contributed by atoms with Crippen molar-refractivity contribution < 1.29 is 18.0 Å². The Hall–Kier alpha value is -2.29. The number of sulfonamides is 1. The quantitative estimate of drug-likeness (QED) is 0.477. The highest BCUT2D eigenvalue weighted by Crippen LogP contribution is 2.26. The number of carbonyl (C=O) groups is 2. The fraction of sp³-hybridized carbons (Fsp3) is 0.440. The van der Waals surface area contributed by atoms with Crippen molar-refractivity contribution in [2.45, 2.75) is 47.2 Å². The molecule has 10 heteroatoms. The van der Waals surface area contributed by atoms with E-state index in [0.29, 0.717) is 33.4 Å². The first-order valence-electron chi connectivity index (χ1n) is 11.3. The molecular formula is C25H33Cl2N3O4S. The molecule has 0 spiro atoms. The molecule has 35 heavy (non-hydrogen) atoms. The van der Waals surface area contributed by atoms with Crippen LogP contribution in [0.5, 0.6) is 0 Å². The van der Waals surface area contributed by atoms with Crippen molar-refractivity contribution in [3.63, 3.8) is 0 Å². The fourth-order valence-corrected chi connectivity index (χ4v) is 4.67. The SMILES string of the molecule is Cc1ccc(C)c(N(CC(=O)N(Cc2ccc(Cl)c(Cl)c2)C(C)C(=O)NCC(C)C)S(C)(=O)=O)c1. The number of hydrogen-bond donors (Lipinski definition) is 1. The zero-order valence-electron chi connectivity index (χ0n) is 20.9. The number of nitrogens with zero attached hydrogens (tertiary/aromatic N) is 2. The summed E-state index contributed by atoms with van der Waals surface area (Å²) in [5, 5.41) is 3.53. The van der Waals surface area contributed by atoms with E-state index in [2.05, 4.69) is 5.32 Å². The maximum absolute atomic E-state index is 13.6. The van der Waals surface area contributed by atoms with Crippen molar-refractivity contribution in [1.82, 2.24) is 10.2 Å². The van der Waals surface area contributed by atoms with Gasteiger partial charge < -0.3 is 10.2 Å². The van der Waals surface area contributed by atoms with Crippen molar-refractivity contribution >= 4 is 50.7 Å². The number of rotatable bonds is 10. The van der Waals surface area contributed by atoms with Crippen LogP contribution in [0.25, 0.3) is 0 Å². The van der Waals surface area contributed by atoms with Gasteiger partial charge in [-0.25, -0.2) is 8.42 Å². The van der Waals surface area contributed by atoms with Crippen LogP contribution in [-0.4, -0.2) is 50.5 Å². The van der Waals surface area contributed by atoms with Gasteiger partial charge >= 0.3 is 0 Å². The molecule has 2 aromatic rings. The van der Waals surface area contributed by atoms with Gasteiger partial charge in [-0.15, -0.1) is 0 Å². The molecule has 1 unspecified atom stereocenters. The van der Waals surface area contributed by atoms with Crippen LogP contribution >= 0.6 is 23.2 Å². The molecule has 0 aliphatic rings. The van der Waals surface area contributed by atoms with E-state index < -0.39 is 28.5 Å². The second kappa shape index (κ2) is 12.1. The Morgan fingerprint density at radius 1 is 1.00 bits per heavy atom. The number of aryl methyl sites for hydroxylation is 2. The molecule has 0 saturated carbocycles. The van der Waals surface area contributed by atoms with Crippen molar-refractivity contribution in [3.8, 4) is 0 Å². The van der Waals surface area contributed by atoms with Crippen LogP contribution in [0.15, 0.2) is 36.4 Å². The Morgan fingerprint density at radius 2 is 1.66 bits per heavy atom. The average Bonchev–Trinajstić information content (AvgIpc) is 2.76. The molecule has 1 N–H and O–H groups in total. The number of carbonyl (C=O) groups excluding carboxylic acids is 2. The summed E-state index contributed by atoms with van der Waals surface area (Å²) < 4.78 is 26.5. The lowest BCUT2D eigenvalue weighted by atomic mass is 10.1. The van der Waals surface area contributed by atoms with Crippen LogP contribution in [0.3, 0.4) is 0 Å². The predicted octanol–water partition coefficient (Wildman–Crippen LogP) is 4.57. The normalized spacial score (nSPS) is 12.4. The van der Waals surface area contributed by atoms with Crippen LogP contribution in [0, 0.1) is 19.8 Å². The van der Waals surface area contributed by atoms with E-state index in [4.69, 9.17) is 23.2 Å². The zero-order chi connectivity index (χ0) is 26.5. The Balaban J connectivity index is 2.43. The van der Waals surface area contributed by atoms with Gasteiger partial charge in [-0.3, -0.25) is 13.9 Å². The van der Waals surface area contributed by atoms with Gasteiger partial charge in [0.2, 0.25) is 21.8 Å². The Bertz CT molecular complexity index is 1190. The lowest BCUT2D eigenvalue weighted by Gasteiger charge is -2.32. The molecule has 0 saturated heterocycles. The van der Waals surface area contributed by atoms with Crippen molar-refractivity contribution in [2.75, 3.05) is 23.7 Å². The molecule has 0 aliphatic carbocycles. The number of benzene rings is 2. The average molecular weight is 543 g/mol. The van der Waals surface area contributed by atoms with Crippen molar-refractivity contribution in [2.24, 2.45) is 5.92 Å². The maximum atomic E-state index is 13.6. The molecule has 0 aromatic heterocycles. The van der Waals surface area contributed by atoms with Gasteiger partial charge in [0.05, 0.1) is 22.0 Å². The smallest absolute Gasteiger partial charge is 0.244 e. The summed E-state index contributed by atoms with van der Waals surface area (Å²) in [6.07, 6.45) is 1.06. The molecule has 0 radical (unpaired) electrons. The highest BCUT2D eigenvalue weighted by Gasteiger charge is 2.30. The summed E-state index contributed by atoms with van der Waals surface area (Å²) in [4.78, 5) is 27.8. The third kappa shape index (κ3) is 8.12. The third-order valence-corrected chi connectivity index (χ3v) is 7.37. The van der Waals surface area contributed by atoms with Crippen LogP contribution in [0.4, 0.5) is 5.69 Å². The van der Waals surface area contributed by atoms with E-state index in [0.717, 1.165) is 16.1 Å². The minimum absolute atomic E-state index is 0.0520. The Morgan fingerprint density at radius 3 is 2.23 bits per heavy atom. The second-order valence-electron chi connectivity index (χ2n) is 9.14. The summed E-state index contributed by atoms with van der Waals surface area (Å²) in [5.41, 5.74) is 2.66. The maximum Gasteiger partial charge on any atom is 0.244 e. The molecule has 0 fully saturated rings. The predicted molar refractivity (Wildman–Crippen MR) is 142 cm³/mol. The highest BCUT2D eigenvalue weighted by molar-refractivity contribution is 7.92. The van der Waals surface area contributed by atoms with Gasteiger partial charge in [-0.1, -0.05) is 55.2 Å². The van der Waals surface area contributed by atoms with Crippen LogP contribution in [0.2, 0.25) is 10.0 Å². The molecule has 0 heterocycles. The summed E-state index contributed by atoms with van der Waals surface area (Å²) in [6.45, 7) is 9.25. The summed E-state index contributed by atoms with van der Waals surface area (Å²) >= 11 is 12.2. The number of halogens is 2. The first-order valence-corrected chi connectivity index (χ1v) is 13.9. The molecule has 1 atom stereocenters. The molecule has 2 aromatic carbocycles. The standard InChI is InChI=1S/C25H33Cl2N3O4S/c1-16(2)13-28-25(32)19(5)29(14-20-9-10-21(26)22(27)12-20)24(31)15-30(35(6,33)34)23-11-17(3)7-8-18(23)4/h7-12,16,19H,13-15H2,1-6H3,(H,28,32). The van der Waals surface area contributed by atoms with E-state index in [1.54, 1.807) is 38.1 Å². The summed E-state index contributed by atoms with van der Waals surface area (Å²) in [7, 11) is -3.79. The largest absolute Gasteiger partial charge is 0.354 e. The molecule has 0 aliphatic heterocycles.